The normalized spacial score (nSPS) is 12.9. The molecule has 0 saturated heterocycles. The Balaban J connectivity index is 0.00000626. The topological polar surface area (TPSA) is 31.8 Å². The standard InChI is InChI=1S/C68H63N4O.Pt/c1-42-32-44(3)64(45(4)33-42)57-36-49(68(10,11)12)37-58(65-46(5)34-43(2)35-47(65)6)66(57)71-41-70(60-26-17-18-27-61(60)71)50-20-19-21-51(39-50)73-52-28-29-56-54-23-14-13-22-53(54)55-24-15-16-25-59(55)72(62(56)40-52)63-38-48(30-31-69-63)67(7,8)9;/h13-38,41H,1-12H3;/q-3;. The zero-order valence-corrected chi connectivity index (χ0v) is 46.9. The van der Waals surface area contributed by atoms with E-state index in [-0.39, 0.29) is 31.9 Å². The molecule has 0 bridgehead atoms. The number of para-hydroxylation sites is 3. The van der Waals surface area contributed by atoms with Gasteiger partial charge in [-0.3, -0.25) is 0 Å². The first-order valence-corrected chi connectivity index (χ1v) is 25.5. The van der Waals surface area contributed by atoms with Crippen molar-refractivity contribution in [1.29, 1.82) is 0 Å². The van der Waals surface area contributed by atoms with Crippen molar-refractivity contribution in [3.8, 4) is 56.0 Å². The molecular weight excluding hydrogens is 1080 g/mol. The van der Waals surface area contributed by atoms with E-state index in [1.165, 1.54) is 66.8 Å². The van der Waals surface area contributed by atoms with Crippen molar-refractivity contribution in [3.63, 3.8) is 0 Å². The average molecular weight is 1150 g/mol. The van der Waals surface area contributed by atoms with Gasteiger partial charge in [0, 0.05) is 72.5 Å². The van der Waals surface area contributed by atoms with E-state index in [1.54, 1.807) is 0 Å². The van der Waals surface area contributed by atoms with Crippen molar-refractivity contribution in [1.82, 2.24) is 4.98 Å². The zero-order chi connectivity index (χ0) is 51.1. The first-order chi connectivity index (χ1) is 34.9. The number of pyridine rings is 1. The first-order valence-electron chi connectivity index (χ1n) is 25.5. The number of fused-ring (bicyclic) bond motifs is 6. The molecule has 1 aromatic heterocycles. The molecule has 0 radical (unpaired) electrons. The van der Waals surface area contributed by atoms with Gasteiger partial charge in [0.15, 0.2) is 0 Å². The Hall–Kier alpha value is -7.20. The van der Waals surface area contributed by atoms with Gasteiger partial charge in [-0.1, -0.05) is 143 Å². The van der Waals surface area contributed by atoms with E-state index < -0.39 is 0 Å². The summed E-state index contributed by atoms with van der Waals surface area (Å²) in [6, 6.07) is 62.2. The van der Waals surface area contributed by atoms with E-state index in [1.807, 2.05) is 18.3 Å². The van der Waals surface area contributed by atoms with Crippen molar-refractivity contribution in [2.45, 2.75) is 93.9 Å². The monoisotopic (exact) mass is 1150 g/mol. The first kappa shape index (κ1) is 50.3. The molecule has 9 aromatic rings. The second-order valence-electron chi connectivity index (χ2n) is 22.2. The van der Waals surface area contributed by atoms with Crippen LogP contribution in [0, 0.1) is 60.3 Å². The molecule has 0 atom stereocenters. The van der Waals surface area contributed by atoms with Crippen LogP contribution in [0.4, 0.5) is 39.9 Å². The number of hydrogen-bond acceptors (Lipinski definition) is 5. The molecule has 2 aliphatic heterocycles. The van der Waals surface area contributed by atoms with Crippen LogP contribution >= 0.6 is 0 Å². The number of aryl methyl sites for hydroxylation is 6. The summed E-state index contributed by atoms with van der Waals surface area (Å²) in [6.07, 6.45) is 1.92. The summed E-state index contributed by atoms with van der Waals surface area (Å²) in [5.74, 6) is 1.98. The zero-order valence-electron chi connectivity index (χ0n) is 44.6. The van der Waals surface area contributed by atoms with Gasteiger partial charge in [-0.05, 0) is 145 Å². The molecule has 2 aliphatic rings. The Bertz CT molecular complexity index is 3530. The van der Waals surface area contributed by atoms with Crippen LogP contribution in [0.2, 0.25) is 0 Å². The molecule has 0 unspecified atom stereocenters. The van der Waals surface area contributed by atoms with E-state index in [0.717, 1.165) is 62.2 Å². The maximum atomic E-state index is 6.88. The van der Waals surface area contributed by atoms with Crippen LogP contribution in [-0.2, 0) is 31.9 Å². The SMILES string of the molecule is Cc1cc(C)c(-c2cc(C(C)(C)C)cc(-c3c(C)cc(C)cc3C)c2N2[CH-]N(c3[c-]c(Oc4[c-]c5c(cc4)-c4ccccc4-c4ccccc4N5c4cc(C(C)(C)C)ccn4)ccc3)c3ccccc32)c(C)c1.[Pt]. The summed E-state index contributed by atoms with van der Waals surface area (Å²) in [5, 5.41) is 0. The van der Waals surface area contributed by atoms with Crippen LogP contribution in [0.15, 0.2) is 158 Å². The fourth-order valence-electron chi connectivity index (χ4n) is 11.3. The summed E-state index contributed by atoms with van der Waals surface area (Å²) < 4.78 is 6.88. The van der Waals surface area contributed by atoms with Crippen LogP contribution in [-0.4, -0.2) is 4.98 Å². The molecule has 8 aromatic carbocycles. The van der Waals surface area contributed by atoms with Gasteiger partial charge in [-0.25, -0.2) is 4.98 Å². The van der Waals surface area contributed by atoms with Gasteiger partial charge in [-0.2, -0.15) is 12.1 Å². The Kier molecular flexibility index (Phi) is 13.1. The van der Waals surface area contributed by atoms with E-state index in [2.05, 4.69) is 256 Å². The van der Waals surface area contributed by atoms with Crippen molar-refractivity contribution in [3.05, 3.63) is 221 Å². The number of rotatable bonds is 7. The third-order valence-electron chi connectivity index (χ3n) is 14.6. The second kappa shape index (κ2) is 19.3. The molecule has 0 aliphatic carbocycles. The number of aromatic nitrogens is 1. The van der Waals surface area contributed by atoms with Crippen molar-refractivity contribution < 1.29 is 25.8 Å². The molecule has 3 heterocycles. The van der Waals surface area contributed by atoms with Crippen molar-refractivity contribution >= 4 is 39.9 Å². The van der Waals surface area contributed by atoms with Gasteiger partial charge in [-0.15, -0.1) is 48.3 Å². The fourth-order valence-corrected chi connectivity index (χ4v) is 11.3. The van der Waals surface area contributed by atoms with E-state index in [0.29, 0.717) is 11.5 Å². The molecule has 11 rings (SSSR count). The summed E-state index contributed by atoms with van der Waals surface area (Å²) in [7, 11) is 0. The predicted octanol–water partition coefficient (Wildman–Crippen LogP) is 18.8. The third kappa shape index (κ3) is 9.04. The average Bonchev–Trinajstić information content (AvgIpc) is 3.68. The molecule has 6 heteroatoms. The number of nitrogens with zero attached hydrogens (tertiary/aromatic N) is 4. The summed E-state index contributed by atoms with van der Waals surface area (Å²) in [5.41, 5.74) is 25.3. The van der Waals surface area contributed by atoms with Gasteiger partial charge in [0.1, 0.15) is 5.82 Å². The van der Waals surface area contributed by atoms with Gasteiger partial charge >= 0.3 is 0 Å². The van der Waals surface area contributed by atoms with E-state index in [9.17, 15) is 0 Å². The summed E-state index contributed by atoms with van der Waals surface area (Å²) in [6.45, 7) is 29.4. The maximum absolute atomic E-state index is 6.88. The van der Waals surface area contributed by atoms with Crippen LogP contribution in [0.1, 0.15) is 86.1 Å². The molecule has 0 spiro atoms. The van der Waals surface area contributed by atoms with Crippen LogP contribution in [0.3, 0.4) is 0 Å². The van der Waals surface area contributed by atoms with Gasteiger partial charge in [0.25, 0.3) is 0 Å². The minimum Gasteiger partial charge on any atom is -0.509 e. The number of benzene rings is 8. The van der Waals surface area contributed by atoms with Crippen molar-refractivity contribution in [2.24, 2.45) is 0 Å². The molecule has 374 valence electrons. The molecule has 74 heavy (non-hydrogen) atoms. The number of hydrogen-bond donors (Lipinski definition) is 0. The van der Waals surface area contributed by atoms with Crippen LogP contribution in [0.25, 0.3) is 44.5 Å². The smallest absolute Gasteiger partial charge is 0.135 e. The number of anilines is 7. The van der Waals surface area contributed by atoms with Crippen LogP contribution < -0.4 is 19.4 Å². The number of ether oxygens (including phenoxy) is 1. The quantitative estimate of drug-likeness (QED) is 0.149. The minimum absolute atomic E-state index is 0. The molecule has 5 nitrogen and oxygen atoms in total. The van der Waals surface area contributed by atoms with Crippen LogP contribution in [0.5, 0.6) is 11.5 Å². The Morgan fingerprint density at radius 3 is 1.55 bits per heavy atom. The van der Waals surface area contributed by atoms with Gasteiger partial charge in [0.05, 0.1) is 5.69 Å². The molecule has 0 saturated carbocycles. The Morgan fingerprint density at radius 2 is 0.973 bits per heavy atom. The van der Waals surface area contributed by atoms with Crippen molar-refractivity contribution in [2.75, 3.05) is 14.7 Å². The second-order valence-corrected chi connectivity index (χ2v) is 22.2. The molecular formula is C68H63N4OPt-3. The summed E-state index contributed by atoms with van der Waals surface area (Å²) >= 11 is 0. The maximum Gasteiger partial charge on any atom is 0.135 e. The largest absolute Gasteiger partial charge is 0.509 e. The Labute approximate surface area is 453 Å². The van der Waals surface area contributed by atoms with E-state index in [4.69, 9.17) is 9.72 Å². The fraction of sp³-hybridized carbons (Fsp3) is 0.206. The minimum atomic E-state index is -0.106. The Morgan fingerprint density at radius 1 is 0.459 bits per heavy atom. The third-order valence-corrected chi connectivity index (χ3v) is 14.6. The molecule has 0 amide bonds. The molecule has 0 fully saturated rings. The summed E-state index contributed by atoms with van der Waals surface area (Å²) in [4.78, 5) is 11.9. The van der Waals surface area contributed by atoms with Gasteiger partial charge < -0.3 is 19.4 Å². The van der Waals surface area contributed by atoms with Gasteiger partial charge in [0.2, 0.25) is 0 Å². The van der Waals surface area contributed by atoms with E-state index >= 15 is 0 Å². The molecule has 0 N–H and O–H groups in total. The predicted molar refractivity (Wildman–Crippen MR) is 306 cm³/mol.